The summed E-state index contributed by atoms with van der Waals surface area (Å²) in [6, 6.07) is 3.58. The van der Waals surface area contributed by atoms with Crippen LogP contribution in [0.1, 0.15) is 5.56 Å². The molecule has 1 aromatic rings. The molecule has 1 aromatic carbocycles. The summed E-state index contributed by atoms with van der Waals surface area (Å²) in [4.78, 5) is 0. The predicted octanol–water partition coefficient (Wildman–Crippen LogP) is -1.89. The highest BCUT2D eigenvalue weighted by atomic mass is 32.3. The van der Waals surface area contributed by atoms with Gasteiger partial charge in [0.05, 0.1) is 6.07 Å². The summed E-state index contributed by atoms with van der Waals surface area (Å²) in [7, 11) is -5.17. The Morgan fingerprint density at radius 2 is 1.67 bits per heavy atom. The fourth-order valence-electron chi connectivity index (χ4n) is 0.934. The number of phenolic OH excluding ortho intramolecular Hbond substituents is 1. The van der Waals surface area contributed by atoms with Crippen molar-refractivity contribution in [2.45, 2.75) is 6.92 Å². The highest BCUT2D eigenvalue weighted by Gasteiger charge is 2.05. The average Bonchev–Trinajstić information content (AvgIpc) is 1.96. The maximum atomic E-state index is 9.24. The van der Waals surface area contributed by atoms with Crippen LogP contribution >= 0.6 is 0 Å². The third-order valence-electron chi connectivity index (χ3n) is 1.44. The number of hydrogen-bond donors (Lipinski definition) is 3. The van der Waals surface area contributed by atoms with E-state index in [1.54, 1.807) is 6.07 Å². The Bertz CT molecular complexity index is 412. The van der Waals surface area contributed by atoms with Crippen molar-refractivity contribution in [1.29, 1.82) is 0 Å². The lowest BCUT2D eigenvalue weighted by atomic mass is 10.2. The molecule has 86 valence electrons. The molecule has 0 saturated heterocycles. The molecule has 15 heavy (non-hydrogen) atoms. The first-order chi connectivity index (χ1) is 6.61. The van der Waals surface area contributed by atoms with Crippen molar-refractivity contribution in [2.24, 2.45) is 0 Å². The van der Waals surface area contributed by atoms with Crippen LogP contribution < -0.4 is 11.5 Å². The topological polar surface area (TPSA) is 156 Å². The van der Waals surface area contributed by atoms with Crippen LogP contribution in [0.3, 0.4) is 0 Å². The van der Waals surface area contributed by atoms with E-state index in [1.165, 1.54) is 0 Å². The van der Waals surface area contributed by atoms with Gasteiger partial charge in [-0.05, 0) is 6.92 Å². The molecule has 0 aliphatic heterocycles. The molecule has 7 N–H and O–H groups in total. The van der Waals surface area contributed by atoms with E-state index < -0.39 is 10.4 Å². The monoisotopic (exact) mass is 236 g/mol. The molecule has 1 rings (SSSR count). The summed E-state index contributed by atoms with van der Waals surface area (Å²) in [6.45, 7) is 1.83. The van der Waals surface area contributed by atoms with Gasteiger partial charge in [0.15, 0.2) is 11.4 Å². The number of aryl methyl sites for hydroxylation is 1. The van der Waals surface area contributed by atoms with E-state index in [0.717, 1.165) is 11.3 Å². The summed E-state index contributed by atoms with van der Waals surface area (Å²) in [6.07, 6.45) is 0. The van der Waals surface area contributed by atoms with Gasteiger partial charge in [0.2, 0.25) is 0 Å². The second kappa shape index (κ2) is 5.05. The molecule has 0 aliphatic rings. The molecule has 0 bridgehead atoms. The zero-order valence-corrected chi connectivity index (χ0v) is 8.87. The number of benzene rings is 1. The Hall–Kier alpha value is -1.19. The molecule has 0 fully saturated rings. The lowest BCUT2D eigenvalue weighted by molar-refractivity contribution is -0.266. The summed E-state index contributed by atoms with van der Waals surface area (Å²) >= 11 is 0. The van der Waals surface area contributed by atoms with E-state index in [9.17, 15) is 5.11 Å². The van der Waals surface area contributed by atoms with E-state index in [1.807, 2.05) is 13.0 Å². The maximum Gasteiger partial charge on any atom is 0.180 e. The molecule has 0 unspecified atom stereocenters. The van der Waals surface area contributed by atoms with Crippen LogP contribution in [-0.4, -0.2) is 22.6 Å². The normalized spacial score (nSPS) is 10.5. The minimum atomic E-state index is -5.17. The second-order valence-electron chi connectivity index (χ2n) is 2.83. The molecule has 0 radical (unpaired) electrons. The standard InChI is InChI=1S/C7H10N2O.H2O4S/c1-4-2-5(8)3-6(9)7(4)10;1-5(2,3)4/h2-3,10H,8-9H2,1H3;(H2,1,2,3,4). The van der Waals surface area contributed by atoms with Crippen molar-refractivity contribution in [3.8, 4) is 5.75 Å². The lowest BCUT2D eigenvalue weighted by Gasteiger charge is -2.06. The molecule has 0 amide bonds. The van der Waals surface area contributed by atoms with Gasteiger partial charge in [-0.15, -0.1) is 0 Å². The van der Waals surface area contributed by atoms with Gasteiger partial charge in [0.25, 0.3) is 0 Å². The molecule has 8 heteroatoms. The highest BCUT2D eigenvalue weighted by Crippen LogP contribution is 2.24. The Kier molecular flexibility index (Phi) is 4.65. The van der Waals surface area contributed by atoms with Crippen LogP contribution in [0.2, 0.25) is 0 Å². The first kappa shape index (κ1) is 13.8. The van der Waals surface area contributed by atoms with Crippen LogP contribution in [0, 0.1) is 6.92 Å². The van der Waals surface area contributed by atoms with E-state index in [-0.39, 0.29) is 5.75 Å². The number of quaternary nitrogens is 2. The Morgan fingerprint density at radius 1 is 1.27 bits per heavy atom. The quantitative estimate of drug-likeness (QED) is 0.354. The SMILES string of the molecule is Cc1cc([NH3+])cc([NH3+])c1O.O=S(=O)([O-])[O-]. The lowest BCUT2D eigenvalue weighted by Crippen LogP contribution is -2.44. The number of phenols is 1. The zero-order valence-electron chi connectivity index (χ0n) is 8.06. The van der Waals surface area contributed by atoms with Crippen molar-refractivity contribution in [2.75, 3.05) is 0 Å². The van der Waals surface area contributed by atoms with Crippen LogP contribution in [0.4, 0.5) is 11.4 Å². The van der Waals surface area contributed by atoms with Gasteiger partial charge in [0, 0.05) is 22.0 Å². The van der Waals surface area contributed by atoms with Crippen molar-refractivity contribution in [1.82, 2.24) is 0 Å². The molecular weight excluding hydrogens is 224 g/mol. The number of aromatic hydroxyl groups is 1. The van der Waals surface area contributed by atoms with Gasteiger partial charge in [-0.25, -0.2) is 0 Å². The smallest absolute Gasteiger partial charge is 0.180 e. The van der Waals surface area contributed by atoms with Gasteiger partial charge in [0.1, 0.15) is 5.69 Å². The average molecular weight is 236 g/mol. The van der Waals surface area contributed by atoms with Gasteiger partial charge < -0.3 is 25.7 Å². The van der Waals surface area contributed by atoms with E-state index in [2.05, 4.69) is 11.5 Å². The van der Waals surface area contributed by atoms with Crippen molar-refractivity contribution in [3.63, 3.8) is 0 Å². The summed E-state index contributed by atoms with van der Waals surface area (Å²) < 4.78 is 34.1. The fraction of sp³-hybridized carbons (Fsp3) is 0.143. The predicted molar refractivity (Wildman–Crippen MR) is 48.4 cm³/mol. The van der Waals surface area contributed by atoms with Crippen LogP contribution in [-0.2, 0) is 10.4 Å². The zero-order chi connectivity index (χ0) is 12.2. The first-order valence-electron chi connectivity index (χ1n) is 3.75. The van der Waals surface area contributed by atoms with Crippen molar-refractivity contribution < 1.29 is 34.1 Å². The third kappa shape index (κ3) is 6.82. The minimum Gasteiger partial charge on any atom is -0.759 e. The first-order valence-corrected chi connectivity index (χ1v) is 5.09. The van der Waals surface area contributed by atoms with Gasteiger partial charge in [-0.3, -0.25) is 8.42 Å². The van der Waals surface area contributed by atoms with Crippen LogP contribution in [0.5, 0.6) is 5.75 Å². The van der Waals surface area contributed by atoms with Crippen molar-refractivity contribution in [3.05, 3.63) is 17.7 Å². The molecule has 0 saturated carbocycles. The Morgan fingerprint density at radius 3 is 2.00 bits per heavy atom. The molecular formula is C7H12N2O5S. The Labute approximate surface area is 86.9 Å². The van der Waals surface area contributed by atoms with E-state index >= 15 is 0 Å². The fourth-order valence-corrected chi connectivity index (χ4v) is 0.934. The molecule has 0 atom stereocenters. The summed E-state index contributed by atoms with van der Waals surface area (Å²) in [5.41, 5.74) is 9.75. The summed E-state index contributed by atoms with van der Waals surface area (Å²) in [5.74, 6) is 0.271. The van der Waals surface area contributed by atoms with Crippen LogP contribution in [0.15, 0.2) is 12.1 Å². The molecule has 0 aliphatic carbocycles. The number of rotatable bonds is 0. The van der Waals surface area contributed by atoms with Gasteiger partial charge >= 0.3 is 0 Å². The van der Waals surface area contributed by atoms with Gasteiger partial charge in [-0.2, -0.15) is 0 Å². The van der Waals surface area contributed by atoms with Crippen LogP contribution in [0.25, 0.3) is 0 Å². The maximum absolute atomic E-state index is 9.24. The largest absolute Gasteiger partial charge is 0.759 e. The van der Waals surface area contributed by atoms with E-state index in [0.29, 0.717) is 5.69 Å². The third-order valence-corrected chi connectivity index (χ3v) is 1.44. The van der Waals surface area contributed by atoms with Gasteiger partial charge in [-0.1, -0.05) is 0 Å². The molecule has 0 spiro atoms. The molecule has 7 nitrogen and oxygen atoms in total. The minimum absolute atomic E-state index is 0.271. The Balaban J connectivity index is 0.000000336. The molecule has 0 aromatic heterocycles. The number of hydrogen-bond acceptors (Lipinski definition) is 5. The summed E-state index contributed by atoms with van der Waals surface area (Å²) in [5, 5.41) is 9.24. The van der Waals surface area contributed by atoms with Crippen molar-refractivity contribution >= 4 is 21.8 Å². The highest BCUT2D eigenvalue weighted by molar-refractivity contribution is 7.79. The molecule has 0 heterocycles. The van der Waals surface area contributed by atoms with E-state index in [4.69, 9.17) is 17.5 Å². The second-order valence-corrected chi connectivity index (χ2v) is 3.65.